The molecule has 0 saturated heterocycles. The molecule has 0 aliphatic heterocycles. The van der Waals surface area contributed by atoms with Crippen molar-refractivity contribution in [2.75, 3.05) is 0 Å². The summed E-state index contributed by atoms with van der Waals surface area (Å²) in [7, 11) is 0. The normalized spacial score (nSPS) is 14.3. The van der Waals surface area contributed by atoms with Gasteiger partial charge in [0.15, 0.2) is 0 Å². The van der Waals surface area contributed by atoms with Crippen LogP contribution < -0.4 is 5.32 Å². The fourth-order valence-electron chi connectivity index (χ4n) is 2.62. The second-order valence-electron chi connectivity index (χ2n) is 6.19. The number of nitrogens with zero attached hydrogens (tertiary/aromatic N) is 1. The van der Waals surface area contributed by atoms with E-state index >= 15 is 0 Å². The second kappa shape index (κ2) is 7.35. The van der Waals surface area contributed by atoms with E-state index in [0.717, 1.165) is 12.8 Å². The topological polar surface area (TPSA) is 98.5 Å². The summed E-state index contributed by atoms with van der Waals surface area (Å²) in [5.41, 5.74) is 0.650. The van der Waals surface area contributed by atoms with Gasteiger partial charge in [-0.2, -0.15) is 0 Å². The number of carbonyl (C=O) groups excluding carboxylic acids is 2. The average molecular weight is 354 g/mol. The molecule has 26 heavy (non-hydrogen) atoms. The van der Waals surface area contributed by atoms with Crippen molar-refractivity contribution in [2.45, 2.75) is 31.9 Å². The first-order chi connectivity index (χ1) is 12.5. The Kier molecular flexibility index (Phi) is 4.97. The van der Waals surface area contributed by atoms with Gasteiger partial charge in [-0.1, -0.05) is 36.4 Å². The van der Waals surface area contributed by atoms with Gasteiger partial charge in [0.2, 0.25) is 6.10 Å². The van der Waals surface area contributed by atoms with E-state index in [9.17, 15) is 19.7 Å². The molecule has 7 heteroatoms. The predicted molar refractivity (Wildman–Crippen MR) is 93.6 cm³/mol. The van der Waals surface area contributed by atoms with E-state index in [0.29, 0.717) is 5.56 Å². The highest BCUT2D eigenvalue weighted by Gasteiger charge is 2.31. The predicted octanol–water partition coefficient (Wildman–Crippen LogP) is 3.08. The van der Waals surface area contributed by atoms with Gasteiger partial charge in [0.25, 0.3) is 11.6 Å². The minimum atomic E-state index is -1.11. The van der Waals surface area contributed by atoms with Crippen molar-refractivity contribution in [1.29, 1.82) is 0 Å². The third-order valence-electron chi connectivity index (χ3n) is 4.21. The van der Waals surface area contributed by atoms with Crippen LogP contribution >= 0.6 is 0 Å². The SMILES string of the molecule is Cc1c(C(=O)OC(C(=O)NC2CC2)c2ccccc2)cccc1[N+](=O)[O-]. The molecule has 134 valence electrons. The van der Waals surface area contributed by atoms with Crippen molar-refractivity contribution >= 4 is 17.6 Å². The first-order valence-electron chi connectivity index (χ1n) is 8.27. The lowest BCUT2D eigenvalue weighted by atomic mass is 10.1. The van der Waals surface area contributed by atoms with Gasteiger partial charge in [-0.05, 0) is 25.8 Å². The van der Waals surface area contributed by atoms with Crippen LogP contribution in [0.1, 0.15) is 40.4 Å². The number of rotatable bonds is 6. The van der Waals surface area contributed by atoms with Gasteiger partial charge in [-0.15, -0.1) is 0 Å². The third-order valence-corrected chi connectivity index (χ3v) is 4.21. The van der Waals surface area contributed by atoms with Crippen LogP contribution in [-0.2, 0) is 9.53 Å². The second-order valence-corrected chi connectivity index (χ2v) is 6.19. The van der Waals surface area contributed by atoms with E-state index in [1.165, 1.54) is 25.1 Å². The van der Waals surface area contributed by atoms with Crippen LogP contribution in [0.5, 0.6) is 0 Å². The molecule has 1 fully saturated rings. The van der Waals surface area contributed by atoms with E-state index in [-0.39, 0.29) is 22.9 Å². The van der Waals surface area contributed by atoms with Gasteiger partial charge in [-0.25, -0.2) is 4.79 Å². The number of hydrogen-bond donors (Lipinski definition) is 1. The van der Waals surface area contributed by atoms with Gasteiger partial charge < -0.3 is 10.1 Å². The van der Waals surface area contributed by atoms with E-state index < -0.39 is 22.9 Å². The Labute approximate surface area is 150 Å². The molecule has 1 saturated carbocycles. The number of carbonyl (C=O) groups is 2. The van der Waals surface area contributed by atoms with Gasteiger partial charge in [0.05, 0.1) is 10.5 Å². The molecule has 7 nitrogen and oxygen atoms in total. The zero-order valence-electron chi connectivity index (χ0n) is 14.2. The summed E-state index contributed by atoms with van der Waals surface area (Å²) in [6, 6.07) is 13.0. The Bertz CT molecular complexity index is 846. The highest BCUT2D eigenvalue weighted by atomic mass is 16.6. The first-order valence-corrected chi connectivity index (χ1v) is 8.27. The monoisotopic (exact) mass is 354 g/mol. The lowest BCUT2D eigenvalue weighted by Gasteiger charge is -2.18. The molecule has 0 radical (unpaired) electrons. The molecule has 1 aliphatic rings. The Hall–Kier alpha value is -3.22. The molecule has 0 heterocycles. The van der Waals surface area contributed by atoms with Crippen LogP contribution in [0.2, 0.25) is 0 Å². The zero-order valence-corrected chi connectivity index (χ0v) is 14.2. The number of amides is 1. The van der Waals surface area contributed by atoms with Crippen molar-refractivity contribution in [3.05, 3.63) is 75.3 Å². The number of benzene rings is 2. The van der Waals surface area contributed by atoms with Crippen LogP contribution in [0.25, 0.3) is 0 Å². The molecule has 0 spiro atoms. The number of nitro groups is 1. The van der Waals surface area contributed by atoms with Crippen molar-refractivity contribution in [3.63, 3.8) is 0 Å². The molecule has 0 bridgehead atoms. The maximum atomic E-state index is 12.6. The van der Waals surface area contributed by atoms with E-state index in [2.05, 4.69) is 5.32 Å². The number of hydrogen-bond acceptors (Lipinski definition) is 5. The number of ether oxygens (including phenoxy) is 1. The largest absolute Gasteiger partial charge is 0.444 e. The highest BCUT2D eigenvalue weighted by Crippen LogP contribution is 2.26. The summed E-state index contributed by atoms with van der Waals surface area (Å²) >= 11 is 0. The summed E-state index contributed by atoms with van der Waals surface area (Å²) in [4.78, 5) is 35.6. The lowest BCUT2D eigenvalue weighted by molar-refractivity contribution is -0.385. The molecule has 3 rings (SSSR count). The Morgan fingerprint density at radius 2 is 1.85 bits per heavy atom. The molecule has 1 atom stereocenters. The fourth-order valence-corrected chi connectivity index (χ4v) is 2.62. The molecule has 1 unspecified atom stereocenters. The summed E-state index contributed by atoms with van der Waals surface area (Å²) in [6.07, 6.45) is 0.707. The van der Waals surface area contributed by atoms with Crippen LogP contribution in [0.3, 0.4) is 0 Å². The molecule has 2 aromatic rings. The molecule has 1 amide bonds. The number of esters is 1. The first kappa shape index (κ1) is 17.6. The zero-order chi connectivity index (χ0) is 18.7. The average Bonchev–Trinajstić information content (AvgIpc) is 3.44. The molecular formula is C19H18N2O5. The summed E-state index contributed by atoms with van der Waals surface area (Å²) in [5.74, 6) is -1.17. The minimum Gasteiger partial charge on any atom is -0.444 e. The molecule has 1 aliphatic carbocycles. The Morgan fingerprint density at radius 1 is 1.15 bits per heavy atom. The summed E-state index contributed by atoms with van der Waals surface area (Å²) < 4.78 is 5.46. The summed E-state index contributed by atoms with van der Waals surface area (Å²) in [5, 5.41) is 13.9. The van der Waals surface area contributed by atoms with E-state index in [1.807, 2.05) is 0 Å². The maximum absolute atomic E-state index is 12.6. The van der Waals surface area contributed by atoms with Gasteiger partial charge >= 0.3 is 5.97 Å². The lowest BCUT2D eigenvalue weighted by Crippen LogP contribution is -2.33. The Balaban J connectivity index is 1.86. The molecule has 2 aromatic carbocycles. The van der Waals surface area contributed by atoms with Crippen molar-refractivity contribution in [2.24, 2.45) is 0 Å². The maximum Gasteiger partial charge on any atom is 0.339 e. The summed E-state index contributed by atoms with van der Waals surface area (Å²) in [6.45, 7) is 1.48. The van der Waals surface area contributed by atoms with Gasteiger partial charge in [-0.3, -0.25) is 14.9 Å². The van der Waals surface area contributed by atoms with Crippen LogP contribution in [0.15, 0.2) is 48.5 Å². The van der Waals surface area contributed by atoms with Crippen LogP contribution in [-0.4, -0.2) is 22.8 Å². The highest BCUT2D eigenvalue weighted by molar-refractivity contribution is 5.94. The van der Waals surface area contributed by atoms with Crippen molar-refractivity contribution < 1.29 is 19.2 Å². The van der Waals surface area contributed by atoms with Gasteiger partial charge in [0.1, 0.15) is 0 Å². The van der Waals surface area contributed by atoms with E-state index in [4.69, 9.17) is 4.74 Å². The number of nitro benzene ring substituents is 1. The standard InChI is InChI=1S/C19H18N2O5/c1-12-15(8-5-9-16(12)21(24)25)19(23)26-17(13-6-3-2-4-7-13)18(22)20-14-10-11-14/h2-9,14,17H,10-11H2,1H3,(H,20,22). The molecule has 1 N–H and O–H groups in total. The van der Waals surface area contributed by atoms with Crippen molar-refractivity contribution in [3.8, 4) is 0 Å². The quantitative estimate of drug-likeness (QED) is 0.488. The Morgan fingerprint density at radius 3 is 2.46 bits per heavy atom. The molecular weight excluding hydrogens is 336 g/mol. The fraction of sp³-hybridized carbons (Fsp3) is 0.263. The smallest absolute Gasteiger partial charge is 0.339 e. The number of nitrogens with one attached hydrogen (secondary N) is 1. The van der Waals surface area contributed by atoms with Crippen LogP contribution in [0, 0.1) is 17.0 Å². The minimum absolute atomic E-state index is 0.0688. The van der Waals surface area contributed by atoms with Crippen molar-refractivity contribution in [1.82, 2.24) is 5.32 Å². The van der Waals surface area contributed by atoms with Gasteiger partial charge in [0, 0.05) is 23.2 Å². The van der Waals surface area contributed by atoms with Crippen LogP contribution in [0.4, 0.5) is 5.69 Å². The third kappa shape index (κ3) is 3.88. The van der Waals surface area contributed by atoms with E-state index in [1.54, 1.807) is 30.3 Å². The molecule has 0 aromatic heterocycles.